The van der Waals surface area contributed by atoms with Crippen molar-refractivity contribution in [2.75, 3.05) is 0 Å². The van der Waals surface area contributed by atoms with Crippen LogP contribution >= 0.6 is 11.3 Å². The highest BCUT2D eigenvalue weighted by atomic mass is 32.1. The van der Waals surface area contributed by atoms with Crippen molar-refractivity contribution < 1.29 is 0 Å². The first-order valence-corrected chi connectivity index (χ1v) is 6.25. The molecular weight excluding hydrogens is 202 g/mol. The summed E-state index contributed by atoms with van der Waals surface area (Å²) in [6.07, 6.45) is 6.69. The van der Waals surface area contributed by atoms with Gasteiger partial charge < -0.3 is 0 Å². The molecule has 0 bridgehead atoms. The van der Waals surface area contributed by atoms with Gasteiger partial charge in [-0.15, -0.1) is 11.3 Å². The summed E-state index contributed by atoms with van der Waals surface area (Å²) in [6, 6.07) is 10.7. The first-order chi connectivity index (χ1) is 7.45. The number of aromatic nitrogens is 1. The predicted molar refractivity (Wildman–Crippen MR) is 65.2 cm³/mol. The average Bonchev–Trinajstić information content (AvgIpc) is 2.79. The highest BCUT2D eigenvalue weighted by molar-refractivity contribution is 7.09. The largest absolute Gasteiger partial charge is 0.250 e. The van der Waals surface area contributed by atoms with E-state index in [9.17, 15) is 0 Å². The Kier molecular flexibility index (Phi) is 3.92. The van der Waals surface area contributed by atoms with E-state index in [-0.39, 0.29) is 0 Å². The van der Waals surface area contributed by atoms with Gasteiger partial charge in [-0.2, -0.15) is 0 Å². The zero-order chi connectivity index (χ0) is 10.3. The molecule has 0 spiro atoms. The van der Waals surface area contributed by atoms with E-state index in [0.717, 1.165) is 6.42 Å². The van der Waals surface area contributed by atoms with E-state index >= 15 is 0 Å². The van der Waals surface area contributed by atoms with Gasteiger partial charge in [-0.25, -0.2) is 4.98 Å². The minimum absolute atomic E-state index is 1.13. The molecule has 1 aromatic carbocycles. The molecule has 0 radical (unpaired) electrons. The molecule has 78 valence electrons. The van der Waals surface area contributed by atoms with Crippen LogP contribution in [0.1, 0.15) is 23.4 Å². The van der Waals surface area contributed by atoms with E-state index < -0.39 is 0 Å². The molecule has 1 nitrogen and oxygen atoms in total. The Morgan fingerprint density at radius 2 is 1.80 bits per heavy atom. The van der Waals surface area contributed by atoms with Crippen molar-refractivity contribution in [3.8, 4) is 0 Å². The van der Waals surface area contributed by atoms with E-state index in [2.05, 4.69) is 35.3 Å². The quantitative estimate of drug-likeness (QED) is 0.696. The smallest absolute Gasteiger partial charge is 0.0924 e. The number of hydrogen-bond acceptors (Lipinski definition) is 2. The second-order valence-corrected chi connectivity index (χ2v) is 4.60. The third kappa shape index (κ3) is 3.48. The molecule has 1 aromatic heterocycles. The molecule has 1 heterocycles. The predicted octanol–water partition coefficient (Wildman–Crippen LogP) is 3.71. The van der Waals surface area contributed by atoms with E-state index in [1.165, 1.54) is 29.8 Å². The first-order valence-electron chi connectivity index (χ1n) is 5.37. The highest BCUT2D eigenvalue weighted by Gasteiger charge is 1.96. The molecule has 2 heteroatoms. The lowest BCUT2D eigenvalue weighted by Crippen LogP contribution is -1.88. The molecule has 0 fully saturated rings. The summed E-state index contributed by atoms with van der Waals surface area (Å²) in [5.41, 5.74) is 1.44. The standard InChI is InChI=1S/C13H15NS/c1-2-6-12(7-3-1)8-4-5-9-13-14-10-11-15-13/h1-3,6-7,10-11H,4-5,8-9H2. The van der Waals surface area contributed by atoms with Gasteiger partial charge >= 0.3 is 0 Å². The van der Waals surface area contributed by atoms with Gasteiger partial charge in [0.05, 0.1) is 5.01 Å². The van der Waals surface area contributed by atoms with Gasteiger partial charge in [0.25, 0.3) is 0 Å². The Hall–Kier alpha value is -1.15. The maximum atomic E-state index is 4.28. The second-order valence-electron chi connectivity index (χ2n) is 3.62. The summed E-state index contributed by atoms with van der Waals surface area (Å²) in [6.45, 7) is 0. The van der Waals surface area contributed by atoms with Crippen LogP contribution < -0.4 is 0 Å². The molecule has 0 aliphatic carbocycles. The van der Waals surface area contributed by atoms with Crippen molar-refractivity contribution in [3.05, 3.63) is 52.5 Å². The summed E-state index contributed by atoms with van der Waals surface area (Å²) in [7, 11) is 0. The summed E-state index contributed by atoms with van der Waals surface area (Å²) in [5.74, 6) is 0. The van der Waals surface area contributed by atoms with Crippen molar-refractivity contribution in [2.24, 2.45) is 0 Å². The number of benzene rings is 1. The van der Waals surface area contributed by atoms with Gasteiger partial charge in [0.1, 0.15) is 0 Å². The van der Waals surface area contributed by atoms with Crippen LogP contribution in [0.3, 0.4) is 0 Å². The fraction of sp³-hybridized carbons (Fsp3) is 0.308. The SMILES string of the molecule is c1ccc(CCCCc2nccs2)cc1. The molecule has 2 rings (SSSR count). The van der Waals surface area contributed by atoms with Crippen LogP contribution in [0.25, 0.3) is 0 Å². The molecule has 0 atom stereocenters. The highest BCUT2D eigenvalue weighted by Crippen LogP contribution is 2.10. The Morgan fingerprint density at radius 3 is 2.53 bits per heavy atom. The minimum atomic E-state index is 1.13. The zero-order valence-corrected chi connectivity index (χ0v) is 9.54. The van der Waals surface area contributed by atoms with Gasteiger partial charge in [0, 0.05) is 11.6 Å². The lowest BCUT2D eigenvalue weighted by Gasteiger charge is -1.99. The van der Waals surface area contributed by atoms with Crippen molar-refractivity contribution >= 4 is 11.3 Å². The van der Waals surface area contributed by atoms with Crippen LogP contribution in [-0.4, -0.2) is 4.98 Å². The van der Waals surface area contributed by atoms with E-state index in [1.807, 2.05) is 11.6 Å². The van der Waals surface area contributed by atoms with Crippen LogP contribution in [0, 0.1) is 0 Å². The maximum absolute atomic E-state index is 4.28. The van der Waals surface area contributed by atoms with Crippen LogP contribution in [0.4, 0.5) is 0 Å². The molecule has 0 aliphatic heterocycles. The third-order valence-electron chi connectivity index (χ3n) is 2.43. The molecule has 0 saturated carbocycles. The first kappa shape index (κ1) is 10.4. The molecule has 0 unspecified atom stereocenters. The molecule has 0 N–H and O–H groups in total. The summed E-state index contributed by atoms with van der Waals surface area (Å²) >= 11 is 1.76. The molecule has 15 heavy (non-hydrogen) atoms. The fourth-order valence-electron chi connectivity index (χ4n) is 1.63. The molecule has 0 aliphatic rings. The number of unbranched alkanes of at least 4 members (excludes halogenated alkanes) is 1. The molecule has 0 saturated heterocycles. The molecule has 0 amide bonds. The minimum Gasteiger partial charge on any atom is -0.250 e. The maximum Gasteiger partial charge on any atom is 0.0924 e. The van der Waals surface area contributed by atoms with Crippen LogP contribution in [0.2, 0.25) is 0 Å². The zero-order valence-electron chi connectivity index (χ0n) is 8.73. The number of hydrogen-bond donors (Lipinski definition) is 0. The Labute approximate surface area is 94.8 Å². The Bertz CT molecular complexity index is 367. The fourth-order valence-corrected chi connectivity index (χ4v) is 2.29. The van der Waals surface area contributed by atoms with Crippen molar-refractivity contribution in [1.82, 2.24) is 4.98 Å². The van der Waals surface area contributed by atoms with E-state index in [0.29, 0.717) is 0 Å². The van der Waals surface area contributed by atoms with Crippen LogP contribution in [0.15, 0.2) is 41.9 Å². The van der Waals surface area contributed by atoms with E-state index in [1.54, 1.807) is 11.3 Å². The van der Waals surface area contributed by atoms with Gasteiger partial charge in [0.2, 0.25) is 0 Å². The Morgan fingerprint density at radius 1 is 1.00 bits per heavy atom. The Balaban J connectivity index is 1.68. The number of rotatable bonds is 5. The van der Waals surface area contributed by atoms with Gasteiger partial charge in [0.15, 0.2) is 0 Å². The lowest BCUT2D eigenvalue weighted by molar-refractivity contribution is 0.731. The average molecular weight is 217 g/mol. The van der Waals surface area contributed by atoms with Crippen LogP contribution in [0.5, 0.6) is 0 Å². The second kappa shape index (κ2) is 5.66. The van der Waals surface area contributed by atoms with Gasteiger partial charge in [-0.05, 0) is 31.2 Å². The molecule has 2 aromatic rings. The number of aryl methyl sites for hydroxylation is 2. The van der Waals surface area contributed by atoms with Crippen molar-refractivity contribution in [1.29, 1.82) is 0 Å². The third-order valence-corrected chi connectivity index (χ3v) is 3.27. The summed E-state index contributed by atoms with van der Waals surface area (Å²) < 4.78 is 0. The normalized spacial score (nSPS) is 10.4. The lowest BCUT2D eigenvalue weighted by atomic mass is 10.1. The molecular formula is C13H15NS. The monoisotopic (exact) mass is 217 g/mol. The van der Waals surface area contributed by atoms with E-state index in [4.69, 9.17) is 0 Å². The topological polar surface area (TPSA) is 12.9 Å². The summed E-state index contributed by atoms with van der Waals surface area (Å²) in [4.78, 5) is 4.28. The number of thiazole rings is 1. The van der Waals surface area contributed by atoms with Gasteiger partial charge in [-0.3, -0.25) is 0 Å². The van der Waals surface area contributed by atoms with Gasteiger partial charge in [-0.1, -0.05) is 30.3 Å². The van der Waals surface area contributed by atoms with Crippen molar-refractivity contribution in [2.45, 2.75) is 25.7 Å². The number of nitrogens with zero attached hydrogens (tertiary/aromatic N) is 1. The summed E-state index contributed by atoms with van der Waals surface area (Å²) in [5, 5.41) is 3.31. The van der Waals surface area contributed by atoms with Crippen molar-refractivity contribution in [3.63, 3.8) is 0 Å². The van der Waals surface area contributed by atoms with Crippen LogP contribution in [-0.2, 0) is 12.8 Å².